The highest BCUT2D eigenvalue weighted by Gasteiger charge is 2.20. The summed E-state index contributed by atoms with van der Waals surface area (Å²) >= 11 is 3.57. The van der Waals surface area contributed by atoms with Crippen molar-refractivity contribution < 1.29 is 13.5 Å². The lowest BCUT2D eigenvalue weighted by Crippen LogP contribution is -2.27. The van der Waals surface area contributed by atoms with E-state index in [2.05, 4.69) is 46.5 Å². The molecule has 0 saturated heterocycles. The van der Waals surface area contributed by atoms with Gasteiger partial charge in [0.15, 0.2) is 0 Å². The topological polar surface area (TPSA) is 12.5 Å². The third-order valence-electron chi connectivity index (χ3n) is 4.48. The zero-order valence-electron chi connectivity index (χ0n) is 15.2. The number of hydrogen-bond donors (Lipinski definition) is 0. The molecule has 0 aliphatic carbocycles. The van der Waals surface area contributed by atoms with Crippen molar-refractivity contribution in [2.45, 2.75) is 20.5 Å². The summed E-state index contributed by atoms with van der Waals surface area (Å²) in [6, 6.07) is 9.69. The molecule has 1 aliphatic rings. The zero-order valence-corrected chi connectivity index (χ0v) is 16.8. The van der Waals surface area contributed by atoms with Crippen molar-refractivity contribution in [2.75, 3.05) is 11.4 Å². The molecule has 0 aromatic heterocycles. The Labute approximate surface area is 166 Å². The molecular weight excluding hydrogens is 412 g/mol. The number of aryl methyl sites for hydroxylation is 1. The molecule has 3 rings (SSSR count). The molecule has 140 valence electrons. The summed E-state index contributed by atoms with van der Waals surface area (Å²) in [5.41, 5.74) is 4.67. The predicted molar refractivity (Wildman–Crippen MR) is 109 cm³/mol. The van der Waals surface area contributed by atoms with Crippen molar-refractivity contribution in [1.82, 2.24) is 0 Å². The van der Waals surface area contributed by atoms with E-state index in [4.69, 9.17) is 4.74 Å². The van der Waals surface area contributed by atoms with Crippen LogP contribution in [-0.4, -0.2) is 6.54 Å². The predicted octanol–water partition coefficient (Wildman–Crippen LogP) is 6.46. The van der Waals surface area contributed by atoms with Crippen LogP contribution in [0.25, 0.3) is 6.08 Å². The molecule has 0 saturated carbocycles. The Kier molecular flexibility index (Phi) is 5.80. The molecule has 1 aliphatic heterocycles. The summed E-state index contributed by atoms with van der Waals surface area (Å²) < 4.78 is 33.5. The molecule has 0 N–H and O–H groups in total. The van der Waals surface area contributed by atoms with Crippen molar-refractivity contribution in [1.29, 1.82) is 0 Å². The largest absolute Gasteiger partial charge is 0.488 e. The fourth-order valence-electron chi connectivity index (χ4n) is 2.99. The monoisotopic (exact) mass is 431 g/mol. The molecule has 0 spiro atoms. The fraction of sp³-hybridized carbons (Fsp3) is 0.182. The molecule has 0 amide bonds. The highest BCUT2D eigenvalue weighted by molar-refractivity contribution is 9.11. The first-order valence-corrected chi connectivity index (χ1v) is 9.32. The van der Waals surface area contributed by atoms with Gasteiger partial charge >= 0.3 is 0 Å². The van der Waals surface area contributed by atoms with E-state index in [9.17, 15) is 8.78 Å². The van der Waals surface area contributed by atoms with E-state index in [1.165, 1.54) is 12.1 Å². The molecule has 1 heterocycles. The summed E-state index contributed by atoms with van der Waals surface area (Å²) in [4.78, 5) is 2.18. The number of allylic oxidation sites excluding steroid dienone is 2. The molecule has 0 bridgehead atoms. The van der Waals surface area contributed by atoms with Gasteiger partial charge in [0.05, 0.1) is 11.0 Å². The van der Waals surface area contributed by atoms with E-state index in [1.807, 2.05) is 25.1 Å². The first-order chi connectivity index (χ1) is 12.9. The average molecular weight is 432 g/mol. The normalized spacial score (nSPS) is 14.3. The van der Waals surface area contributed by atoms with Crippen molar-refractivity contribution in [3.63, 3.8) is 0 Å². The Morgan fingerprint density at radius 1 is 1.19 bits per heavy atom. The van der Waals surface area contributed by atoms with E-state index in [0.29, 0.717) is 17.9 Å². The number of ether oxygens (including phenoxy) is 1. The van der Waals surface area contributed by atoms with Gasteiger partial charge in [0.2, 0.25) is 0 Å². The average Bonchev–Trinajstić information content (AvgIpc) is 2.63. The van der Waals surface area contributed by atoms with Gasteiger partial charge in [-0.15, -0.1) is 0 Å². The summed E-state index contributed by atoms with van der Waals surface area (Å²) in [7, 11) is 0. The van der Waals surface area contributed by atoms with Crippen LogP contribution in [-0.2, 0) is 11.3 Å². The zero-order chi connectivity index (χ0) is 19.6. The van der Waals surface area contributed by atoms with Crippen LogP contribution >= 0.6 is 15.9 Å². The molecule has 0 unspecified atom stereocenters. The van der Waals surface area contributed by atoms with Crippen molar-refractivity contribution in [3.05, 3.63) is 93.3 Å². The molecule has 0 radical (unpaired) electrons. The molecule has 0 fully saturated rings. The third-order valence-corrected chi connectivity index (χ3v) is 5.12. The second-order valence-electron chi connectivity index (χ2n) is 6.42. The number of hydrogen-bond acceptors (Lipinski definition) is 2. The molecule has 2 nitrogen and oxygen atoms in total. The Bertz CT molecular complexity index is 949. The quantitative estimate of drug-likeness (QED) is 0.538. The highest BCUT2D eigenvalue weighted by atomic mass is 79.9. The Balaban J connectivity index is 1.77. The van der Waals surface area contributed by atoms with E-state index in [-0.39, 0.29) is 6.61 Å². The maximum absolute atomic E-state index is 13.8. The van der Waals surface area contributed by atoms with Gasteiger partial charge in [-0.25, -0.2) is 8.78 Å². The van der Waals surface area contributed by atoms with Crippen molar-refractivity contribution >= 4 is 27.7 Å². The third kappa shape index (κ3) is 4.30. The van der Waals surface area contributed by atoms with Crippen molar-refractivity contribution in [2.24, 2.45) is 0 Å². The molecule has 5 heteroatoms. The van der Waals surface area contributed by atoms with Crippen LogP contribution in [0.5, 0.6) is 0 Å². The summed E-state index contributed by atoms with van der Waals surface area (Å²) in [6.07, 6.45) is 3.74. The van der Waals surface area contributed by atoms with E-state index >= 15 is 0 Å². The molecule has 2 aromatic rings. The van der Waals surface area contributed by atoms with Gasteiger partial charge in [-0.2, -0.15) is 0 Å². The minimum absolute atomic E-state index is 0.0351. The first-order valence-electron chi connectivity index (χ1n) is 8.53. The van der Waals surface area contributed by atoms with Crippen LogP contribution in [0.4, 0.5) is 14.5 Å². The summed E-state index contributed by atoms with van der Waals surface area (Å²) in [5, 5.41) is 0. The van der Waals surface area contributed by atoms with Gasteiger partial charge in [-0.3, -0.25) is 0 Å². The lowest BCUT2D eigenvalue weighted by atomic mass is 10.1. The van der Waals surface area contributed by atoms with Crippen LogP contribution in [0.1, 0.15) is 23.6 Å². The second-order valence-corrected chi connectivity index (χ2v) is 7.37. The molecular formula is C22H20BrF2NO. The molecule has 27 heavy (non-hydrogen) atoms. The van der Waals surface area contributed by atoms with Crippen molar-refractivity contribution in [3.8, 4) is 0 Å². The maximum Gasteiger partial charge on any atom is 0.133 e. The highest BCUT2D eigenvalue weighted by Crippen LogP contribution is 2.32. The van der Waals surface area contributed by atoms with Gasteiger partial charge < -0.3 is 9.64 Å². The lowest BCUT2D eigenvalue weighted by Gasteiger charge is -2.31. The Hall–Kier alpha value is -2.40. The Morgan fingerprint density at radius 3 is 2.63 bits per heavy atom. The standard InChI is InChI=1S/C22H20BrF2NO/c1-4-16-5-8-21(14(2)9-16)26-12-19(23)22(10-15(26)3)27-13-17-6-7-18(24)11-20(17)25/h4-11H,1,12-13H2,2-3H3. The van der Waals surface area contributed by atoms with Crippen LogP contribution in [0.2, 0.25) is 0 Å². The number of nitrogens with zero attached hydrogens (tertiary/aromatic N) is 1. The van der Waals surface area contributed by atoms with Crippen LogP contribution in [0.3, 0.4) is 0 Å². The summed E-state index contributed by atoms with van der Waals surface area (Å²) in [6.45, 7) is 8.52. The number of halogens is 3. The van der Waals surface area contributed by atoms with Gasteiger partial charge in [0.25, 0.3) is 0 Å². The molecule has 0 atom stereocenters. The van der Waals surface area contributed by atoms with Gasteiger partial charge in [-0.05, 0) is 65.2 Å². The lowest BCUT2D eigenvalue weighted by molar-refractivity contribution is 0.204. The van der Waals surface area contributed by atoms with E-state index < -0.39 is 11.6 Å². The minimum Gasteiger partial charge on any atom is -0.488 e. The first kappa shape index (κ1) is 19.4. The Morgan fingerprint density at radius 2 is 1.96 bits per heavy atom. The van der Waals surface area contributed by atoms with Gasteiger partial charge in [0.1, 0.15) is 24.0 Å². The van der Waals surface area contributed by atoms with E-state index in [1.54, 1.807) is 0 Å². The summed E-state index contributed by atoms with van der Waals surface area (Å²) in [5.74, 6) is -0.561. The SMILES string of the molecule is C=Cc1ccc(N2CC(Br)=C(OCc3ccc(F)cc3F)C=C2C)c(C)c1. The number of rotatable bonds is 5. The van der Waals surface area contributed by atoms with Crippen LogP contribution in [0.15, 0.2) is 65.0 Å². The molecule has 2 aromatic carbocycles. The smallest absolute Gasteiger partial charge is 0.133 e. The number of benzene rings is 2. The maximum atomic E-state index is 13.8. The van der Waals surface area contributed by atoms with E-state index in [0.717, 1.165) is 33.1 Å². The van der Waals surface area contributed by atoms with Crippen LogP contribution in [0, 0.1) is 18.6 Å². The fourth-order valence-corrected chi connectivity index (χ4v) is 3.46. The minimum atomic E-state index is -0.609. The van der Waals surface area contributed by atoms with Gasteiger partial charge in [-0.1, -0.05) is 18.7 Å². The number of anilines is 1. The van der Waals surface area contributed by atoms with Gasteiger partial charge in [0, 0.05) is 29.1 Å². The van der Waals surface area contributed by atoms with Crippen LogP contribution < -0.4 is 4.90 Å². The second kappa shape index (κ2) is 8.09.